The van der Waals surface area contributed by atoms with Crippen molar-refractivity contribution in [3.8, 4) is 5.75 Å². The first-order valence-corrected chi connectivity index (χ1v) is 5.56. The number of nitrogens with two attached hydrogens (primary N) is 1. The standard InChI is InChI=1S/C12H17F2NO2/c1-2-16-11(8-15)3-4-17-12-6-9(13)5-10(14)7-12/h5-7,11H,2-4,8,15H2,1H3. The predicted molar refractivity (Wildman–Crippen MR) is 60.9 cm³/mol. The van der Waals surface area contributed by atoms with Crippen LogP contribution >= 0.6 is 0 Å². The van der Waals surface area contributed by atoms with Crippen LogP contribution in [0.15, 0.2) is 18.2 Å². The van der Waals surface area contributed by atoms with Gasteiger partial charge in [-0.3, -0.25) is 0 Å². The van der Waals surface area contributed by atoms with E-state index in [2.05, 4.69) is 0 Å². The number of hydrogen-bond donors (Lipinski definition) is 1. The third kappa shape index (κ3) is 5.10. The molecule has 1 aromatic carbocycles. The zero-order valence-electron chi connectivity index (χ0n) is 9.79. The molecule has 1 atom stereocenters. The van der Waals surface area contributed by atoms with Crippen molar-refractivity contribution < 1.29 is 18.3 Å². The summed E-state index contributed by atoms with van der Waals surface area (Å²) in [4.78, 5) is 0. The maximum absolute atomic E-state index is 12.8. The molecule has 0 saturated heterocycles. The van der Waals surface area contributed by atoms with Crippen LogP contribution in [0.4, 0.5) is 8.78 Å². The molecule has 0 fully saturated rings. The Balaban J connectivity index is 2.39. The Morgan fingerprint density at radius 1 is 1.24 bits per heavy atom. The second-order valence-electron chi connectivity index (χ2n) is 3.56. The first-order valence-electron chi connectivity index (χ1n) is 5.56. The fourth-order valence-electron chi connectivity index (χ4n) is 1.43. The van der Waals surface area contributed by atoms with E-state index in [-0.39, 0.29) is 11.9 Å². The van der Waals surface area contributed by atoms with Gasteiger partial charge in [0.05, 0.1) is 12.7 Å². The number of benzene rings is 1. The first kappa shape index (κ1) is 13.9. The predicted octanol–water partition coefficient (Wildman–Crippen LogP) is 2.10. The van der Waals surface area contributed by atoms with Gasteiger partial charge in [0.2, 0.25) is 0 Å². The lowest BCUT2D eigenvalue weighted by Crippen LogP contribution is -2.25. The maximum Gasteiger partial charge on any atom is 0.129 e. The Bertz CT molecular complexity index is 327. The van der Waals surface area contributed by atoms with Crippen LogP contribution in [0, 0.1) is 11.6 Å². The van der Waals surface area contributed by atoms with Crippen LogP contribution in [-0.2, 0) is 4.74 Å². The van der Waals surface area contributed by atoms with Crippen LogP contribution in [-0.4, -0.2) is 25.9 Å². The quantitative estimate of drug-likeness (QED) is 0.800. The van der Waals surface area contributed by atoms with Gasteiger partial charge in [-0.25, -0.2) is 8.78 Å². The maximum atomic E-state index is 12.8. The molecule has 17 heavy (non-hydrogen) atoms. The van der Waals surface area contributed by atoms with Crippen LogP contribution in [0.2, 0.25) is 0 Å². The zero-order chi connectivity index (χ0) is 12.7. The van der Waals surface area contributed by atoms with Crippen molar-refractivity contribution in [2.24, 2.45) is 5.73 Å². The lowest BCUT2D eigenvalue weighted by molar-refractivity contribution is 0.0526. The van der Waals surface area contributed by atoms with E-state index in [1.807, 2.05) is 6.92 Å². The van der Waals surface area contributed by atoms with E-state index in [1.165, 1.54) is 0 Å². The van der Waals surface area contributed by atoms with Crippen LogP contribution in [0.5, 0.6) is 5.75 Å². The normalized spacial score (nSPS) is 12.5. The minimum Gasteiger partial charge on any atom is -0.493 e. The molecule has 1 rings (SSSR count). The van der Waals surface area contributed by atoms with Crippen molar-refractivity contribution in [3.63, 3.8) is 0 Å². The summed E-state index contributed by atoms with van der Waals surface area (Å²) in [7, 11) is 0. The van der Waals surface area contributed by atoms with Gasteiger partial charge in [-0.2, -0.15) is 0 Å². The number of hydrogen-bond acceptors (Lipinski definition) is 3. The highest BCUT2D eigenvalue weighted by molar-refractivity contribution is 5.23. The number of ether oxygens (including phenoxy) is 2. The average molecular weight is 245 g/mol. The van der Waals surface area contributed by atoms with E-state index in [1.54, 1.807) is 0 Å². The summed E-state index contributed by atoms with van der Waals surface area (Å²) < 4.78 is 36.2. The summed E-state index contributed by atoms with van der Waals surface area (Å²) in [6.45, 7) is 3.17. The highest BCUT2D eigenvalue weighted by Crippen LogP contribution is 2.15. The van der Waals surface area contributed by atoms with E-state index in [0.717, 1.165) is 18.2 Å². The molecule has 1 unspecified atom stereocenters. The van der Waals surface area contributed by atoms with Crippen LogP contribution in [0.1, 0.15) is 13.3 Å². The molecule has 0 spiro atoms. The largest absolute Gasteiger partial charge is 0.493 e. The molecule has 0 aromatic heterocycles. The molecule has 0 bridgehead atoms. The third-order valence-electron chi connectivity index (χ3n) is 2.21. The molecule has 0 aliphatic carbocycles. The number of halogens is 2. The van der Waals surface area contributed by atoms with Gasteiger partial charge in [0.1, 0.15) is 17.4 Å². The summed E-state index contributed by atoms with van der Waals surface area (Å²) in [6.07, 6.45) is 0.501. The molecule has 3 nitrogen and oxygen atoms in total. The van der Waals surface area contributed by atoms with Gasteiger partial charge in [-0.15, -0.1) is 0 Å². The first-order chi connectivity index (χ1) is 8.15. The molecule has 5 heteroatoms. The number of rotatable bonds is 7. The van der Waals surface area contributed by atoms with Crippen molar-refractivity contribution in [2.75, 3.05) is 19.8 Å². The molecule has 1 aromatic rings. The molecular weight excluding hydrogens is 228 g/mol. The molecule has 0 saturated carbocycles. The molecule has 2 N–H and O–H groups in total. The van der Waals surface area contributed by atoms with E-state index in [4.69, 9.17) is 15.2 Å². The van der Waals surface area contributed by atoms with Gasteiger partial charge in [0.25, 0.3) is 0 Å². The second-order valence-corrected chi connectivity index (χ2v) is 3.56. The van der Waals surface area contributed by atoms with Crippen molar-refractivity contribution in [1.29, 1.82) is 0 Å². The fraction of sp³-hybridized carbons (Fsp3) is 0.500. The Hall–Kier alpha value is -1.20. The molecule has 0 aliphatic rings. The van der Waals surface area contributed by atoms with Gasteiger partial charge in [0, 0.05) is 37.8 Å². The third-order valence-corrected chi connectivity index (χ3v) is 2.21. The monoisotopic (exact) mass is 245 g/mol. The summed E-state index contributed by atoms with van der Waals surface area (Å²) >= 11 is 0. The van der Waals surface area contributed by atoms with Crippen molar-refractivity contribution in [1.82, 2.24) is 0 Å². The molecule has 0 amide bonds. The van der Waals surface area contributed by atoms with E-state index in [9.17, 15) is 8.78 Å². The smallest absolute Gasteiger partial charge is 0.129 e. The SMILES string of the molecule is CCOC(CN)CCOc1cc(F)cc(F)c1. The molecular formula is C12H17F2NO2. The summed E-state index contributed by atoms with van der Waals surface area (Å²) in [5.74, 6) is -1.13. The fourth-order valence-corrected chi connectivity index (χ4v) is 1.43. The summed E-state index contributed by atoms with van der Waals surface area (Å²) in [5, 5.41) is 0. The average Bonchev–Trinajstić information content (AvgIpc) is 2.26. The molecule has 0 heterocycles. The summed E-state index contributed by atoms with van der Waals surface area (Å²) in [6, 6.07) is 3.08. The van der Waals surface area contributed by atoms with Crippen LogP contribution in [0.3, 0.4) is 0 Å². The van der Waals surface area contributed by atoms with E-state index >= 15 is 0 Å². The Labute approximate surface area is 99.5 Å². The van der Waals surface area contributed by atoms with Gasteiger partial charge in [-0.1, -0.05) is 0 Å². The van der Waals surface area contributed by atoms with Gasteiger partial charge >= 0.3 is 0 Å². The molecule has 0 radical (unpaired) electrons. The van der Waals surface area contributed by atoms with Gasteiger partial charge in [0.15, 0.2) is 0 Å². The minimum absolute atomic E-state index is 0.0848. The van der Waals surface area contributed by atoms with Gasteiger partial charge < -0.3 is 15.2 Å². The Kier molecular flexibility index (Phi) is 5.86. The summed E-state index contributed by atoms with van der Waals surface area (Å²) in [5.41, 5.74) is 5.49. The van der Waals surface area contributed by atoms with Crippen molar-refractivity contribution in [3.05, 3.63) is 29.8 Å². The van der Waals surface area contributed by atoms with Crippen LogP contribution in [0.25, 0.3) is 0 Å². The highest BCUT2D eigenvalue weighted by atomic mass is 19.1. The van der Waals surface area contributed by atoms with Crippen molar-refractivity contribution >= 4 is 0 Å². The molecule has 0 aliphatic heterocycles. The molecule has 96 valence electrons. The van der Waals surface area contributed by atoms with E-state index < -0.39 is 11.6 Å². The Morgan fingerprint density at radius 3 is 2.41 bits per heavy atom. The lowest BCUT2D eigenvalue weighted by atomic mass is 10.2. The minimum atomic E-state index is -0.653. The highest BCUT2D eigenvalue weighted by Gasteiger charge is 2.07. The van der Waals surface area contributed by atoms with E-state index in [0.29, 0.717) is 26.2 Å². The Morgan fingerprint density at radius 2 is 1.88 bits per heavy atom. The topological polar surface area (TPSA) is 44.5 Å². The lowest BCUT2D eigenvalue weighted by Gasteiger charge is -2.15. The zero-order valence-corrected chi connectivity index (χ0v) is 9.79. The van der Waals surface area contributed by atoms with Gasteiger partial charge in [-0.05, 0) is 6.92 Å². The van der Waals surface area contributed by atoms with Crippen molar-refractivity contribution in [2.45, 2.75) is 19.4 Å². The second kappa shape index (κ2) is 7.19. The van der Waals surface area contributed by atoms with Crippen LogP contribution < -0.4 is 10.5 Å².